The lowest BCUT2D eigenvalue weighted by atomic mass is 9.87. The Morgan fingerprint density at radius 1 is 0.857 bits per heavy atom. The molecule has 0 atom stereocenters. The van der Waals surface area contributed by atoms with E-state index in [1.807, 2.05) is 4.99 Å². The third kappa shape index (κ3) is 2.72. The summed E-state index contributed by atoms with van der Waals surface area (Å²) in [6.45, 7) is 0. The van der Waals surface area contributed by atoms with Crippen LogP contribution in [-0.4, -0.2) is 24.5 Å². The molecule has 4 nitrogen and oxygen atoms in total. The van der Waals surface area contributed by atoms with Gasteiger partial charge in [-0.1, -0.05) is 18.2 Å². The Kier molecular flexibility index (Phi) is 4.36. The fourth-order valence-corrected chi connectivity index (χ4v) is 1.65. The van der Waals surface area contributed by atoms with E-state index in [9.17, 15) is 35.9 Å². The van der Waals surface area contributed by atoms with Crippen LogP contribution in [0.2, 0.25) is 0 Å². The average molecular weight is 310 g/mol. The smallest absolute Gasteiger partial charge is 0.211 e. The van der Waals surface area contributed by atoms with E-state index >= 15 is 0 Å². The van der Waals surface area contributed by atoms with Crippen molar-refractivity contribution in [2.24, 2.45) is 9.98 Å². The van der Waals surface area contributed by atoms with Crippen LogP contribution in [0.25, 0.3) is 0 Å². The molecule has 0 aliphatic carbocycles. The first-order chi connectivity index (χ1) is 9.61. The van der Waals surface area contributed by atoms with Gasteiger partial charge in [-0.05, 0) is 6.07 Å². The quantitative estimate of drug-likeness (QED) is 0.488. The molecular weight excluding hydrogens is 306 g/mol. The number of para-hydroxylation sites is 1. The molecule has 0 saturated heterocycles. The predicted octanol–water partition coefficient (Wildman–Crippen LogP) is 3.31. The zero-order valence-electron chi connectivity index (χ0n) is 9.79. The molecule has 10 heteroatoms. The molecule has 0 spiro atoms. The molecule has 0 unspecified atom stereocenters. The van der Waals surface area contributed by atoms with Gasteiger partial charge >= 0.3 is 12.4 Å². The number of nitrogens with zero attached hydrogens (tertiary/aromatic N) is 2. The first-order valence-corrected chi connectivity index (χ1v) is 5.01. The molecule has 1 aromatic carbocycles. The standard InChI is InChI=1S/C11H4F6N2O2/c12-10(13,14)9(19-6-21,11(15,16)17)7-3-1-2-4-8(7)18-5-20/h1-4H. The zero-order chi connectivity index (χ0) is 16.3. The third-order valence-electron chi connectivity index (χ3n) is 2.49. The number of isocyanates is 2. The Morgan fingerprint density at radius 3 is 1.81 bits per heavy atom. The summed E-state index contributed by atoms with van der Waals surface area (Å²) in [7, 11) is 0. The van der Waals surface area contributed by atoms with Crippen LogP contribution < -0.4 is 0 Å². The van der Waals surface area contributed by atoms with Gasteiger partial charge in [-0.3, -0.25) is 0 Å². The van der Waals surface area contributed by atoms with Crippen LogP contribution in [0.15, 0.2) is 34.3 Å². The van der Waals surface area contributed by atoms with E-state index in [2.05, 4.69) is 4.99 Å². The molecule has 1 rings (SSSR count). The van der Waals surface area contributed by atoms with Gasteiger partial charge in [0.15, 0.2) is 0 Å². The van der Waals surface area contributed by atoms with Gasteiger partial charge in [-0.25, -0.2) is 9.59 Å². The topological polar surface area (TPSA) is 58.9 Å². The summed E-state index contributed by atoms with van der Waals surface area (Å²) in [6.07, 6.45) is -10.9. The summed E-state index contributed by atoms with van der Waals surface area (Å²) in [5, 5.41) is 0. The Labute approximate surface area is 112 Å². The number of carbonyl (C=O) groups excluding carboxylic acids is 2. The normalized spacial score (nSPS) is 12.3. The van der Waals surface area contributed by atoms with Gasteiger partial charge in [0.05, 0.1) is 5.69 Å². The molecular formula is C11H4F6N2O2. The Bertz CT molecular complexity index is 610. The molecule has 0 fully saturated rings. The van der Waals surface area contributed by atoms with Gasteiger partial charge in [-0.15, -0.1) is 0 Å². The van der Waals surface area contributed by atoms with Gasteiger partial charge in [0.25, 0.3) is 5.54 Å². The lowest BCUT2D eigenvalue weighted by Crippen LogP contribution is -2.52. The SMILES string of the molecule is O=C=Nc1ccccc1C(N=C=O)(C(F)(F)F)C(F)(F)F. The van der Waals surface area contributed by atoms with E-state index in [1.165, 1.54) is 0 Å². The van der Waals surface area contributed by atoms with Crippen molar-refractivity contribution in [2.75, 3.05) is 0 Å². The van der Waals surface area contributed by atoms with Gasteiger partial charge in [-0.2, -0.15) is 36.3 Å². The molecule has 112 valence electrons. The van der Waals surface area contributed by atoms with Gasteiger partial charge in [0.1, 0.15) is 0 Å². The van der Waals surface area contributed by atoms with Crippen molar-refractivity contribution in [3.8, 4) is 0 Å². The van der Waals surface area contributed by atoms with E-state index in [4.69, 9.17) is 0 Å². The van der Waals surface area contributed by atoms with Crippen molar-refractivity contribution < 1.29 is 35.9 Å². The highest BCUT2D eigenvalue weighted by Crippen LogP contribution is 2.54. The molecule has 0 saturated carbocycles. The van der Waals surface area contributed by atoms with E-state index in [0.29, 0.717) is 6.07 Å². The van der Waals surface area contributed by atoms with E-state index in [-0.39, 0.29) is 6.08 Å². The molecule has 0 aliphatic rings. The van der Waals surface area contributed by atoms with Crippen molar-refractivity contribution in [1.29, 1.82) is 0 Å². The fraction of sp³-hybridized carbons (Fsp3) is 0.273. The highest BCUT2D eigenvalue weighted by atomic mass is 19.4. The second-order valence-electron chi connectivity index (χ2n) is 3.63. The zero-order valence-corrected chi connectivity index (χ0v) is 9.79. The molecule has 0 bridgehead atoms. The molecule has 1 aromatic rings. The average Bonchev–Trinajstić information content (AvgIpc) is 2.34. The second kappa shape index (κ2) is 5.51. The number of rotatable bonds is 3. The minimum atomic E-state index is -6.00. The van der Waals surface area contributed by atoms with E-state index < -0.39 is 29.1 Å². The summed E-state index contributed by atoms with van der Waals surface area (Å²) < 4.78 is 78.2. The number of halogens is 6. The van der Waals surface area contributed by atoms with Gasteiger partial charge < -0.3 is 0 Å². The first-order valence-electron chi connectivity index (χ1n) is 5.01. The molecule has 0 aromatic heterocycles. The maximum absolute atomic E-state index is 13.0. The number of aliphatic imine (C=N–C) groups is 2. The van der Waals surface area contributed by atoms with Crippen LogP contribution in [0, 0.1) is 0 Å². The van der Waals surface area contributed by atoms with Crippen molar-refractivity contribution >= 4 is 17.8 Å². The van der Waals surface area contributed by atoms with Crippen LogP contribution in [0.4, 0.5) is 32.0 Å². The number of benzene rings is 1. The van der Waals surface area contributed by atoms with E-state index in [1.54, 1.807) is 0 Å². The highest BCUT2D eigenvalue weighted by Gasteiger charge is 2.73. The molecule has 0 heterocycles. The lowest BCUT2D eigenvalue weighted by molar-refractivity contribution is -0.300. The van der Waals surface area contributed by atoms with Crippen LogP contribution in [0.3, 0.4) is 0 Å². The monoisotopic (exact) mass is 310 g/mol. The third-order valence-corrected chi connectivity index (χ3v) is 2.49. The van der Waals surface area contributed by atoms with Crippen molar-refractivity contribution in [2.45, 2.75) is 17.9 Å². The largest absolute Gasteiger partial charge is 0.427 e. The van der Waals surface area contributed by atoms with Crippen LogP contribution in [0.1, 0.15) is 5.56 Å². The van der Waals surface area contributed by atoms with Crippen LogP contribution in [-0.2, 0) is 15.1 Å². The molecule has 21 heavy (non-hydrogen) atoms. The number of hydrogen-bond donors (Lipinski definition) is 0. The second-order valence-corrected chi connectivity index (χ2v) is 3.63. The minimum absolute atomic E-state index is 0.284. The van der Waals surface area contributed by atoms with E-state index in [0.717, 1.165) is 24.3 Å². The maximum Gasteiger partial charge on any atom is 0.427 e. The summed E-state index contributed by atoms with van der Waals surface area (Å²) >= 11 is 0. The van der Waals surface area contributed by atoms with Crippen LogP contribution >= 0.6 is 0 Å². The summed E-state index contributed by atoms with van der Waals surface area (Å²) in [5.74, 6) is 0. The predicted molar refractivity (Wildman–Crippen MR) is 56.1 cm³/mol. The summed E-state index contributed by atoms with van der Waals surface area (Å²) in [6, 6.07) is 3.05. The molecule has 0 aliphatic heterocycles. The molecule has 0 radical (unpaired) electrons. The molecule has 0 amide bonds. The minimum Gasteiger partial charge on any atom is -0.211 e. The van der Waals surface area contributed by atoms with Crippen LogP contribution in [0.5, 0.6) is 0 Å². The Morgan fingerprint density at radius 2 is 1.38 bits per heavy atom. The summed E-state index contributed by atoms with van der Waals surface area (Å²) in [4.78, 5) is 25.1. The number of hydrogen-bond acceptors (Lipinski definition) is 4. The van der Waals surface area contributed by atoms with Crippen molar-refractivity contribution in [3.05, 3.63) is 29.8 Å². The van der Waals surface area contributed by atoms with Crippen molar-refractivity contribution in [3.63, 3.8) is 0 Å². The Hall–Kier alpha value is -2.44. The molecule has 0 N–H and O–H groups in total. The maximum atomic E-state index is 13.0. The van der Waals surface area contributed by atoms with Gasteiger partial charge in [0.2, 0.25) is 12.2 Å². The lowest BCUT2D eigenvalue weighted by Gasteiger charge is -2.33. The first kappa shape index (κ1) is 16.6. The highest BCUT2D eigenvalue weighted by molar-refractivity contribution is 5.58. The summed E-state index contributed by atoms with van der Waals surface area (Å²) in [5.41, 5.74) is -7.34. The number of alkyl halides is 6. The fourth-order valence-electron chi connectivity index (χ4n) is 1.65. The van der Waals surface area contributed by atoms with Crippen molar-refractivity contribution in [1.82, 2.24) is 0 Å². The van der Waals surface area contributed by atoms with Gasteiger partial charge in [0, 0.05) is 5.56 Å². The Balaban J connectivity index is 3.91.